The molecule has 0 fully saturated rings. The standard InChI is InChI=1S/C23H24BrNO3/c1-15-9-16(2)20-13-22(27)19(11-18(20)10-15)14-25(7-8-26)23(28)12-17-5-3-4-6-21(17)24/h3-6,9-11,26H,7-8,12-14H2,1-2H3. The minimum absolute atomic E-state index is 0.0380. The Morgan fingerprint density at radius 2 is 1.96 bits per heavy atom. The van der Waals surface area contributed by atoms with Crippen molar-refractivity contribution in [2.24, 2.45) is 0 Å². The number of Topliss-reactive ketones (excluding diaryl/α,β-unsaturated/α-hetero) is 1. The van der Waals surface area contributed by atoms with Crippen LogP contribution in [0, 0.1) is 13.8 Å². The number of nitrogens with zero attached hydrogens (tertiary/aromatic N) is 1. The number of ketones is 1. The van der Waals surface area contributed by atoms with Crippen LogP contribution in [-0.2, 0) is 22.4 Å². The Bertz CT molecular complexity index is 949. The van der Waals surface area contributed by atoms with Crippen LogP contribution in [-0.4, -0.2) is 41.4 Å². The first-order chi connectivity index (χ1) is 13.4. The highest BCUT2D eigenvalue weighted by Crippen LogP contribution is 2.27. The van der Waals surface area contributed by atoms with Crippen molar-refractivity contribution in [1.29, 1.82) is 0 Å². The topological polar surface area (TPSA) is 57.6 Å². The maximum atomic E-state index is 12.8. The minimum Gasteiger partial charge on any atom is -0.395 e. The molecular formula is C23H24BrNO3. The average Bonchev–Trinajstić information content (AvgIpc) is 2.64. The third kappa shape index (κ3) is 4.59. The lowest BCUT2D eigenvalue weighted by Crippen LogP contribution is -2.38. The smallest absolute Gasteiger partial charge is 0.227 e. The van der Waals surface area contributed by atoms with Crippen LogP contribution < -0.4 is 0 Å². The van der Waals surface area contributed by atoms with Crippen molar-refractivity contribution in [2.75, 3.05) is 19.7 Å². The van der Waals surface area contributed by atoms with Crippen molar-refractivity contribution in [1.82, 2.24) is 4.90 Å². The van der Waals surface area contributed by atoms with Crippen molar-refractivity contribution in [2.45, 2.75) is 26.7 Å². The Morgan fingerprint density at radius 1 is 1.21 bits per heavy atom. The summed E-state index contributed by atoms with van der Waals surface area (Å²) in [5, 5.41) is 9.42. The van der Waals surface area contributed by atoms with Crippen molar-refractivity contribution >= 4 is 33.7 Å². The molecule has 0 heterocycles. The summed E-state index contributed by atoms with van der Waals surface area (Å²) in [7, 11) is 0. The summed E-state index contributed by atoms with van der Waals surface area (Å²) in [5.41, 5.74) is 5.89. The molecule has 0 radical (unpaired) electrons. The van der Waals surface area contributed by atoms with E-state index in [0.717, 1.165) is 32.3 Å². The molecule has 0 saturated carbocycles. The predicted octanol–water partition coefficient (Wildman–Crippen LogP) is 3.64. The van der Waals surface area contributed by atoms with Crippen molar-refractivity contribution in [3.63, 3.8) is 0 Å². The molecule has 2 aromatic carbocycles. The second-order valence-corrected chi connectivity index (χ2v) is 8.08. The first kappa shape index (κ1) is 20.5. The van der Waals surface area contributed by atoms with E-state index in [1.807, 2.05) is 44.2 Å². The van der Waals surface area contributed by atoms with Gasteiger partial charge in [-0.1, -0.05) is 51.8 Å². The van der Waals surface area contributed by atoms with Crippen LogP contribution in [0.25, 0.3) is 6.08 Å². The molecule has 0 aliphatic heterocycles. The molecular weight excluding hydrogens is 418 g/mol. The number of aliphatic hydroxyl groups excluding tert-OH is 1. The maximum absolute atomic E-state index is 12.8. The fourth-order valence-corrected chi connectivity index (χ4v) is 4.04. The summed E-state index contributed by atoms with van der Waals surface area (Å²) < 4.78 is 0.875. The van der Waals surface area contributed by atoms with Crippen molar-refractivity contribution in [3.8, 4) is 0 Å². The van der Waals surface area contributed by atoms with Gasteiger partial charge in [-0.3, -0.25) is 9.59 Å². The molecule has 0 spiro atoms. The lowest BCUT2D eigenvalue weighted by molar-refractivity contribution is -0.130. The lowest BCUT2D eigenvalue weighted by Gasteiger charge is -2.26. The monoisotopic (exact) mass is 441 g/mol. The van der Waals surface area contributed by atoms with Crippen LogP contribution in [0.15, 0.2) is 46.4 Å². The fraction of sp³-hybridized carbons (Fsp3) is 0.304. The number of amides is 1. The van der Waals surface area contributed by atoms with Crippen LogP contribution in [0.4, 0.5) is 0 Å². The van der Waals surface area contributed by atoms with E-state index in [1.54, 1.807) is 4.90 Å². The highest BCUT2D eigenvalue weighted by molar-refractivity contribution is 9.10. The van der Waals surface area contributed by atoms with E-state index >= 15 is 0 Å². The summed E-state index contributed by atoms with van der Waals surface area (Å²) in [6.07, 6.45) is 2.48. The van der Waals surface area contributed by atoms with Gasteiger partial charge in [-0.25, -0.2) is 0 Å². The van der Waals surface area contributed by atoms with Gasteiger partial charge in [0.1, 0.15) is 0 Å². The first-order valence-electron chi connectivity index (χ1n) is 9.35. The summed E-state index contributed by atoms with van der Waals surface area (Å²) in [6, 6.07) is 11.7. The molecule has 146 valence electrons. The second-order valence-electron chi connectivity index (χ2n) is 7.23. The Morgan fingerprint density at radius 3 is 2.68 bits per heavy atom. The minimum atomic E-state index is -0.141. The lowest BCUT2D eigenvalue weighted by atomic mass is 9.87. The Hall–Kier alpha value is -2.24. The fourth-order valence-electron chi connectivity index (χ4n) is 3.61. The van der Waals surface area contributed by atoms with E-state index in [0.29, 0.717) is 12.0 Å². The van der Waals surface area contributed by atoms with Gasteiger partial charge in [-0.2, -0.15) is 0 Å². The van der Waals surface area contributed by atoms with Gasteiger partial charge >= 0.3 is 0 Å². The zero-order valence-corrected chi connectivity index (χ0v) is 17.8. The number of rotatable bonds is 6. The number of halogens is 1. The Labute approximate surface area is 174 Å². The highest BCUT2D eigenvalue weighted by atomic mass is 79.9. The van der Waals surface area contributed by atoms with Gasteiger partial charge in [0.2, 0.25) is 5.91 Å². The van der Waals surface area contributed by atoms with Crippen LogP contribution in [0.3, 0.4) is 0 Å². The molecule has 0 aromatic heterocycles. The van der Waals surface area contributed by atoms with Crippen molar-refractivity contribution in [3.05, 3.63) is 74.3 Å². The molecule has 5 heteroatoms. The van der Waals surface area contributed by atoms with Gasteiger partial charge in [0.15, 0.2) is 5.78 Å². The van der Waals surface area contributed by atoms with Crippen LogP contribution in [0.2, 0.25) is 0 Å². The number of carbonyl (C=O) groups is 2. The van der Waals surface area contributed by atoms with Gasteiger partial charge < -0.3 is 10.0 Å². The molecule has 1 aliphatic rings. The predicted molar refractivity (Wildman–Crippen MR) is 114 cm³/mol. The van der Waals surface area contributed by atoms with E-state index in [9.17, 15) is 14.7 Å². The molecule has 0 bridgehead atoms. The normalized spacial score (nSPS) is 13.1. The first-order valence-corrected chi connectivity index (χ1v) is 10.1. The summed E-state index contributed by atoms with van der Waals surface area (Å²) in [5.74, 6) is -0.0723. The van der Waals surface area contributed by atoms with Gasteiger partial charge in [-0.05, 0) is 48.2 Å². The zero-order chi connectivity index (χ0) is 20.3. The molecule has 28 heavy (non-hydrogen) atoms. The molecule has 2 aromatic rings. The van der Waals surface area contributed by atoms with Gasteiger partial charge in [-0.15, -0.1) is 0 Å². The zero-order valence-electron chi connectivity index (χ0n) is 16.2. The number of hydrogen-bond acceptors (Lipinski definition) is 3. The number of aryl methyl sites for hydroxylation is 2. The van der Waals surface area contributed by atoms with E-state index < -0.39 is 0 Å². The third-order valence-electron chi connectivity index (χ3n) is 5.06. The average molecular weight is 442 g/mol. The molecule has 0 atom stereocenters. The largest absolute Gasteiger partial charge is 0.395 e. The van der Waals surface area contributed by atoms with Crippen molar-refractivity contribution < 1.29 is 14.7 Å². The van der Waals surface area contributed by atoms with Gasteiger partial charge in [0.25, 0.3) is 0 Å². The number of benzene rings is 2. The second kappa shape index (κ2) is 8.84. The quantitative estimate of drug-likeness (QED) is 0.744. The van der Waals surface area contributed by atoms with Crippen LogP contribution in [0.1, 0.15) is 27.8 Å². The van der Waals surface area contributed by atoms with Crippen LogP contribution >= 0.6 is 15.9 Å². The number of carbonyl (C=O) groups excluding carboxylic acids is 2. The van der Waals surface area contributed by atoms with E-state index in [-0.39, 0.29) is 37.8 Å². The van der Waals surface area contributed by atoms with E-state index in [2.05, 4.69) is 28.1 Å². The third-order valence-corrected chi connectivity index (χ3v) is 5.83. The molecule has 3 rings (SSSR count). The van der Waals surface area contributed by atoms with Gasteiger partial charge in [0, 0.05) is 29.6 Å². The summed E-state index contributed by atoms with van der Waals surface area (Å²) >= 11 is 3.47. The number of aliphatic hydroxyl groups is 1. The maximum Gasteiger partial charge on any atom is 0.227 e. The molecule has 0 saturated heterocycles. The molecule has 1 aliphatic carbocycles. The summed E-state index contributed by atoms with van der Waals surface area (Å²) in [6.45, 7) is 4.34. The number of fused-ring (bicyclic) bond motifs is 1. The van der Waals surface area contributed by atoms with E-state index in [1.165, 1.54) is 0 Å². The van der Waals surface area contributed by atoms with Crippen LogP contribution in [0.5, 0.6) is 0 Å². The SMILES string of the molecule is Cc1cc(C)c2c(c1)C=C(CN(CCO)C(=O)Cc1ccccc1Br)C(=O)C2. The molecule has 0 unspecified atom stereocenters. The van der Waals surface area contributed by atoms with Gasteiger partial charge in [0.05, 0.1) is 13.0 Å². The number of hydrogen-bond donors (Lipinski definition) is 1. The summed E-state index contributed by atoms with van der Waals surface area (Å²) in [4.78, 5) is 27.1. The Kier molecular flexibility index (Phi) is 6.47. The molecule has 1 N–H and O–H groups in total. The van der Waals surface area contributed by atoms with E-state index in [4.69, 9.17) is 0 Å². The Balaban J connectivity index is 1.83. The molecule has 1 amide bonds. The molecule has 4 nitrogen and oxygen atoms in total. The highest BCUT2D eigenvalue weighted by Gasteiger charge is 2.24.